The van der Waals surface area contributed by atoms with Crippen LogP contribution in [-0.2, 0) is 38.8 Å². The molecule has 40 heavy (non-hydrogen) atoms. The normalized spacial score (nSPS) is 18.9. The van der Waals surface area contributed by atoms with Crippen molar-refractivity contribution in [2.75, 3.05) is 0 Å². The monoisotopic (exact) mass is 589 g/mol. The van der Waals surface area contributed by atoms with Crippen LogP contribution in [0.1, 0.15) is 73.2 Å². The SMILES string of the molecule is O=C(O)CCCCCC(=O)NCc1ccc([C@@H]2O[C@H](Cn3cnc(Cl)c3Cl)C[C@H](c3ccc(CO)cc3)O2)cc1. The van der Waals surface area contributed by atoms with E-state index < -0.39 is 12.3 Å². The topological polar surface area (TPSA) is 123 Å². The van der Waals surface area contributed by atoms with Gasteiger partial charge in [0.2, 0.25) is 5.91 Å². The highest BCUT2D eigenvalue weighted by Crippen LogP contribution is 2.39. The predicted octanol–water partition coefficient (Wildman–Crippen LogP) is 5.58. The molecule has 11 heteroatoms. The molecule has 1 fully saturated rings. The van der Waals surface area contributed by atoms with Crippen LogP contribution in [0.15, 0.2) is 54.9 Å². The molecule has 3 N–H and O–H groups in total. The molecule has 1 aromatic heterocycles. The smallest absolute Gasteiger partial charge is 0.303 e. The second-order valence-electron chi connectivity index (χ2n) is 9.80. The summed E-state index contributed by atoms with van der Waals surface area (Å²) >= 11 is 12.3. The van der Waals surface area contributed by atoms with Gasteiger partial charge in [-0.05, 0) is 29.5 Å². The van der Waals surface area contributed by atoms with E-state index in [9.17, 15) is 14.7 Å². The molecule has 3 aromatic rings. The first kappa shape index (κ1) is 30.0. The first-order valence-corrected chi connectivity index (χ1v) is 14.0. The zero-order valence-corrected chi connectivity index (χ0v) is 23.5. The van der Waals surface area contributed by atoms with Crippen LogP contribution in [0.25, 0.3) is 0 Å². The van der Waals surface area contributed by atoms with E-state index in [0.29, 0.717) is 50.3 Å². The molecule has 4 rings (SSSR count). The molecule has 1 aliphatic rings. The van der Waals surface area contributed by atoms with Gasteiger partial charge in [0.15, 0.2) is 11.4 Å². The molecule has 0 saturated carbocycles. The van der Waals surface area contributed by atoms with Crippen LogP contribution in [0.4, 0.5) is 0 Å². The van der Waals surface area contributed by atoms with E-state index in [1.54, 1.807) is 10.9 Å². The van der Waals surface area contributed by atoms with E-state index >= 15 is 0 Å². The molecular weight excluding hydrogens is 557 g/mol. The molecule has 9 nitrogen and oxygen atoms in total. The molecule has 3 atom stereocenters. The summed E-state index contributed by atoms with van der Waals surface area (Å²) in [5.41, 5.74) is 3.58. The first-order valence-electron chi connectivity index (χ1n) is 13.3. The molecule has 0 aliphatic carbocycles. The lowest BCUT2D eigenvalue weighted by Crippen LogP contribution is -2.32. The Hall–Kier alpha value is -2.95. The highest BCUT2D eigenvalue weighted by molar-refractivity contribution is 6.40. The van der Waals surface area contributed by atoms with E-state index in [-0.39, 0.29) is 36.3 Å². The summed E-state index contributed by atoms with van der Waals surface area (Å²) < 4.78 is 14.5. The number of benzene rings is 2. The highest BCUT2D eigenvalue weighted by Gasteiger charge is 2.32. The van der Waals surface area contributed by atoms with Gasteiger partial charge >= 0.3 is 5.97 Å². The lowest BCUT2D eigenvalue weighted by molar-refractivity contribution is -0.252. The van der Waals surface area contributed by atoms with Gasteiger partial charge in [-0.15, -0.1) is 0 Å². The van der Waals surface area contributed by atoms with Gasteiger partial charge in [0.25, 0.3) is 0 Å². The highest BCUT2D eigenvalue weighted by atomic mass is 35.5. The van der Waals surface area contributed by atoms with Crippen molar-refractivity contribution in [3.05, 3.63) is 87.4 Å². The Morgan fingerprint density at radius 3 is 2.27 bits per heavy atom. The van der Waals surface area contributed by atoms with Crippen LogP contribution < -0.4 is 5.32 Å². The zero-order valence-electron chi connectivity index (χ0n) is 22.0. The molecule has 214 valence electrons. The number of carbonyl (C=O) groups excluding carboxylic acids is 1. The second kappa shape index (κ2) is 14.6. The summed E-state index contributed by atoms with van der Waals surface area (Å²) in [4.78, 5) is 26.8. The molecule has 0 bridgehead atoms. The van der Waals surface area contributed by atoms with Gasteiger partial charge in [0.1, 0.15) is 5.15 Å². The molecule has 1 amide bonds. The predicted molar refractivity (Wildman–Crippen MR) is 150 cm³/mol. The molecule has 1 saturated heterocycles. The third-order valence-corrected chi connectivity index (χ3v) is 7.55. The Kier molecular flexibility index (Phi) is 11.0. The minimum Gasteiger partial charge on any atom is -0.481 e. The van der Waals surface area contributed by atoms with Gasteiger partial charge < -0.3 is 29.6 Å². The molecule has 0 spiro atoms. The minimum absolute atomic E-state index is 0.0281. The lowest BCUT2D eigenvalue weighted by atomic mass is 10.00. The van der Waals surface area contributed by atoms with Crippen molar-refractivity contribution in [1.82, 2.24) is 14.9 Å². The van der Waals surface area contributed by atoms with E-state index in [1.165, 1.54) is 0 Å². The van der Waals surface area contributed by atoms with Gasteiger partial charge in [-0.1, -0.05) is 78.2 Å². The standard InChI is InChI=1S/C29H33Cl2N3O6/c30-27-28(31)34(18-33-27)16-23-14-24(21-10-8-20(17-35)9-11-21)40-29(39-23)22-12-6-19(7-13-22)15-32-25(36)4-2-1-3-5-26(37)38/h6-13,18,23-24,29,35H,1-5,14-17H2,(H,32,36)(H,37,38)/t23-,24+,29+/m0/s1. The summed E-state index contributed by atoms with van der Waals surface area (Å²) in [7, 11) is 0. The van der Waals surface area contributed by atoms with E-state index in [2.05, 4.69) is 10.3 Å². The minimum atomic E-state index is -0.813. The van der Waals surface area contributed by atoms with Crippen LogP contribution in [0.5, 0.6) is 0 Å². The maximum atomic E-state index is 12.1. The number of nitrogens with zero attached hydrogens (tertiary/aromatic N) is 2. The number of unbranched alkanes of at least 4 members (excludes halogenated alkanes) is 2. The Bertz CT molecular complexity index is 1270. The number of aliphatic carboxylic acids is 1. The molecule has 2 heterocycles. The summed E-state index contributed by atoms with van der Waals surface area (Å²) in [5, 5.41) is 21.6. The van der Waals surface area contributed by atoms with Crippen molar-refractivity contribution in [2.24, 2.45) is 0 Å². The van der Waals surface area contributed by atoms with Crippen molar-refractivity contribution >= 4 is 35.1 Å². The molecule has 2 aromatic carbocycles. The summed E-state index contributed by atoms with van der Waals surface area (Å²) in [6.45, 7) is 0.812. The van der Waals surface area contributed by atoms with Gasteiger partial charge in [-0.2, -0.15) is 0 Å². The fourth-order valence-electron chi connectivity index (χ4n) is 4.54. The van der Waals surface area contributed by atoms with Crippen LogP contribution in [0.2, 0.25) is 10.3 Å². The maximum absolute atomic E-state index is 12.1. The van der Waals surface area contributed by atoms with Crippen LogP contribution in [0.3, 0.4) is 0 Å². The zero-order chi connectivity index (χ0) is 28.5. The van der Waals surface area contributed by atoms with Crippen molar-refractivity contribution in [3.63, 3.8) is 0 Å². The molecule has 0 unspecified atom stereocenters. The number of aliphatic hydroxyl groups is 1. The molecular formula is C29H33Cl2N3O6. The van der Waals surface area contributed by atoms with E-state index in [0.717, 1.165) is 22.3 Å². The van der Waals surface area contributed by atoms with Crippen molar-refractivity contribution in [2.45, 2.75) is 76.7 Å². The number of hydrogen-bond acceptors (Lipinski definition) is 6. The summed E-state index contributed by atoms with van der Waals surface area (Å²) in [6.07, 6.45) is 3.51. The number of imidazole rings is 1. The quantitative estimate of drug-likeness (QED) is 0.222. The van der Waals surface area contributed by atoms with Gasteiger partial charge in [0.05, 0.1) is 31.7 Å². The Morgan fingerprint density at radius 1 is 0.950 bits per heavy atom. The third kappa shape index (κ3) is 8.52. The number of carboxylic acids is 1. The van der Waals surface area contributed by atoms with Crippen LogP contribution in [-0.4, -0.2) is 37.7 Å². The third-order valence-electron chi connectivity index (χ3n) is 6.78. The van der Waals surface area contributed by atoms with Crippen LogP contribution >= 0.6 is 23.2 Å². The van der Waals surface area contributed by atoms with Crippen LogP contribution in [0, 0.1) is 0 Å². The van der Waals surface area contributed by atoms with Gasteiger partial charge in [-0.3, -0.25) is 9.59 Å². The number of rotatable bonds is 13. The van der Waals surface area contributed by atoms with Gasteiger partial charge in [0, 0.05) is 31.4 Å². The average molecular weight is 591 g/mol. The van der Waals surface area contributed by atoms with E-state index in [4.69, 9.17) is 37.8 Å². The summed E-state index contributed by atoms with van der Waals surface area (Å²) in [6, 6.07) is 15.4. The molecule has 0 radical (unpaired) electrons. The number of nitrogens with one attached hydrogen (secondary N) is 1. The second-order valence-corrected chi connectivity index (χ2v) is 10.5. The fourth-order valence-corrected chi connectivity index (χ4v) is 4.86. The number of ether oxygens (including phenoxy) is 2. The molecule has 1 aliphatic heterocycles. The summed E-state index contributed by atoms with van der Waals surface area (Å²) in [5.74, 6) is -0.873. The lowest BCUT2D eigenvalue weighted by Gasteiger charge is -2.36. The maximum Gasteiger partial charge on any atom is 0.303 e. The number of halogens is 2. The average Bonchev–Trinajstić information content (AvgIpc) is 3.28. The van der Waals surface area contributed by atoms with Crippen molar-refractivity contribution in [3.8, 4) is 0 Å². The van der Waals surface area contributed by atoms with E-state index in [1.807, 2.05) is 48.5 Å². The Balaban J connectivity index is 1.38. The fraction of sp³-hybridized carbons (Fsp3) is 0.414. The van der Waals surface area contributed by atoms with Crippen molar-refractivity contribution in [1.29, 1.82) is 0 Å². The number of aromatic nitrogens is 2. The Labute approximate surface area is 243 Å². The number of carboxylic acid groups (broad SMARTS) is 1. The van der Waals surface area contributed by atoms with Gasteiger partial charge in [-0.25, -0.2) is 4.98 Å². The number of aliphatic hydroxyl groups excluding tert-OH is 1. The number of amides is 1. The Morgan fingerprint density at radius 2 is 1.62 bits per heavy atom. The van der Waals surface area contributed by atoms with Crippen molar-refractivity contribution < 1.29 is 29.3 Å². The largest absolute Gasteiger partial charge is 0.481 e. The number of hydrogen-bond donors (Lipinski definition) is 3. The number of carbonyl (C=O) groups is 2. The first-order chi connectivity index (χ1) is 19.3.